The molecule has 0 aromatic carbocycles. The molecular formula is C11H10N2S. The van der Waals surface area contributed by atoms with Gasteiger partial charge in [-0.05, 0) is 29.9 Å². The van der Waals surface area contributed by atoms with Gasteiger partial charge in [0.05, 0.1) is 11.6 Å². The molecule has 0 N–H and O–H groups in total. The molecule has 1 aromatic rings. The van der Waals surface area contributed by atoms with Crippen molar-refractivity contribution in [2.45, 2.75) is 6.92 Å². The molecule has 1 aliphatic heterocycles. The molecule has 0 spiro atoms. The summed E-state index contributed by atoms with van der Waals surface area (Å²) >= 11 is 1.75. The predicted octanol–water partition coefficient (Wildman–Crippen LogP) is 2.35. The van der Waals surface area contributed by atoms with Crippen LogP contribution in [0, 0.1) is 19.3 Å². The highest BCUT2D eigenvalue weighted by Crippen LogP contribution is 2.28. The van der Waals surface area contributed by atoms with Gasteiger partial charge < -0.3 is 4.90 Å². The van der Waals surface area contributed by atoms with Gasteiger partial charge in [-0.3, -0.25) is 0 Å². The van der Waals surface area contributed by atoms with Crippen LogP contribution in [0.3, 0.4) is 0 Å². The van der Waals surface area contributed by atoms with Crippen LogP contribution < -0.4 is 4.90 Å². The minimum absolute atomic E-state index is 0.720. The van der Waals surface area contributed by atoms with Gasteiger partial charge in [0, 0.05) is 12.4 Å². The third kappa shape index (κ3) is 1.49. The van der Waals surface area contributed by atoms with Crippen molar-refractivity contribution < 1.29 is 0 Å². The first kappa shape index (κ1) is 9.17. The summed E-state index contributed by atoms with van der Waals surface area (Å²) in [7, 11) is 0. The van der Waals surface area contributed by atoms with Gasteiger partial charge in [-0.25, -0.2) is 4.98 Å². The quantitative estimate of drug-likeness (QED) is 0.650. The van der Waals surface area contributed by atoms with Crippen LogP contribution >= 0.6 is 11.8 Å². The Hall–Kier alpha value is -1.40. The first-order chi connectivity index (χ1) is 6.83. The Kier molecular flexibility index (Phi) is 2.47. The summed E-state index contributed by atoms with van der Waals surface area (Å²) in [6, 6.07) is 1.98. The zero-order chi connectivity index (χ0) is 9.97. The van der Waals surface area contributed by atoms with Gasteiger partial charge in [-0.1, -0.05) is 0 Å². The number of rotatable bonds is 1. The lowest BCUT2D eigenvalue weighted by Gasteiger charge is -2.18. The monoisotopic (exact) mass is 202 g/mol. The van der Waals surface area contributed by atoms with E-state index in [1.807, 2.05) is 12.3 Å². The molecule has 14 heavy (non-hydrogen) atoms. The number of aryl methyl sites for hydroxylation is 1. The van der Waals surface area contributed by atoms with Crippen LogP contribution in [-0.2, 0) is 0 Å². The van der Waals surface area contributed by atoms with Crippen LogP contribution in [0.1, 0.15) is 11.3 Å². The molecule has 70 valence electrons. The van der Waals surface area contributed by atoms with Crippen molar-refractivity contribution in [1.29, 1.82) is 0 Å². The van der Waals surface area contributed by atoms with E-state index in [9.17, 15) is 0 Å². The summed E-state index contributed by atoms with van der Waals surface area (Å²) in [5.41, 5.74) is 2.94. The van der Waals surface area contributed by atoms with Gasteiger partial charge in [0.15, 0.2) is 0 Å². The number of hydrogen-bond acceptors (Lipinski definition) is 3. The molecule has 0 unspecified atom stereocenters. The van der Waals surface area contributed by atoms with E-state index in [2.05, 4.69) is 28.1 Å². The van der Waals surface area contributed by atoms with Crippen LogP contribution in [0.4, 0.5) is 5.69 Å². The van der Waals surface area contributed by atoms with E-state index < -0.39 is 0 Å². The average molecular weight is 202 g/mol. The fourth-order valence-electron chi connectivity index (χ4n) is 1.44. The second-order valence-electron chi connectivity index (χ2n) is 3.02. The lowest BCUT2D eigenvalue weighted by atomic mass is 10.2. The number of terminal acetylenes is 1. The van der Waals surface area contributed by atoms with Gasteiger partial charge in [0.1, 0.15) is 5.69 Å². The van der Waals surface area contributed by atoms with Crippen molar-refractivity contribution in [2.75, 3.05) is 10.8 Å². The number of aromatic nitrogens is 1. The minimum atomic E-state index is 0.720. The molecule has 0 amide bonds. The summed E-state index contributed by atoms with van der Waals surface area (Å²) in [6.45, 7) is 2.05. The molecular weight excluding hydrogens is 192 g/mol. The third-order valence-electron chi connectivity index (χ3n) is 2.10. The van der Waals surface area contributed by atoms with Crippen LogP contribution in [-0.4, -0.2) is 10.9 Å². The summed E-state index contributed by atoms with van der Waals surface area (Å²) in [6.07, 6.45) is 9.21. The fourth-order valence-corrected chi connectivity index (χ4v) is 2.14. The second-order valence-corrected chi connectivity index (χ2v) is 3.88. The van der Waals surface area contributed by atoms with Gasteiger partial charge in [-0.15, -0.1) is 18.2 Å². The smallest absolute Gasteiger partial charge is 0.136 e. The van der Waals surface area contributed by atoms with Crippen molar-refractivity contribution >= 4 is 17.4 Å². The molecule has 2 heterocycles. The molecule has 2 nitrogen and oxygen atoms in total. The van der Waals surface area contributed by atoms with Gasteiger partial charge in [0.25, 0.3) is 0 Å². The lowest BCUT2D eigenvalue weighted by molar-refractivity contribution is 1.12. The highest BCUT2D eigenvalue weighted by atomic mass is 32.2. The van der Waals surface area contributed by atoms with E-state index >= 15 is 0 Å². The Morgan fingerprint density at radius 3 is 3.14 bits per heavy atom. The molecule has 0 saturated carbocycles. The number of pyridine rings is 1. The Morgan fingerprint density at radius 2 is 2.50 bits per heavy atom. The molecule has 2 rings (SSSR count). The summed E-state index contributed by atoms with van der Waals surface area (Å²) in [5, 5.41) is 2.06. The largest absolute Gasteiger partial charge is 0.335 e. The first-order valence-electron chi connectivity index (χ1n) is 4.30. The minimum Gasteiger partial charge on any atom is -0.335 e. The topological polar surface area (TPSA) is 16.1 Å². The number of anilines is 1. The summed E-state index contributed by atoms with van der Waals surface area (Å²) in [4.78, 5) is 6.31. The van der Waals surface area contributed by atoms with E-state index in [-0.39, 0.29) is 0 Å². The van der Waals surface area contributed by atoms with Crippen molar-refractivity contribution in [3.05, 3.63) is 35.1 Å². The maximum Gasteiger partial charge on any atom is 0.136 e. The maximum atomic E-state index is 5.42. The average Bonchev–Trinajstić information content (AvgIpc) is 2.70. The van der Waals surface area contributed by atoms with Gasteiger partial charge in [-0.2, -0.15) is 0 Å². The van der Waals surface area contributed by atoms with E-state index in [1.165, 1.54) is 5.56 Å². The van der Waals surface area contributed by atoms with Gasteiger partial charge >= 0.3 is 0 Å². The molecule has 1 aliphatic rings. The van der Waals surface area contributed by atoms with Crippen molar-refractivity contribution in [3.63, 3.8) is 0 Å². The lowest BCUT2D eigenvalue weighted by Crippen LogP contribution is -2.14. The highest BCUT2D eigenvalue weighted by Gasteiger charge is 2.14. The summed E-state index contributed by atoms with van der Waals surface area (Å²) < 4.78 is 0. The van der Waals surface area contributed by atoms with E-state index in [0.29, 0.717) is 0 Å². The molecule has 0 radical (unpaired) electrons. The van der Waals surface area contributed by atoms with Crippen LogP contribution in [0.5, 0.6) is 0 Å². The predicted molar refractivity (Wildman–Crippen MR) is 61.0 cm³/mol. The SMILES string of the molecule is C#Cc1nccc(C)c1N1C=CSC1. The van der Waals surface area contributed by atoms with Crippen molar-refractivity contribution in [1.82, 2.24) is 4.98 Å². The van der Waals surface area contributed by atoms with Crippen LogP contribution in [0.25, 0.3) is 0 Å². The van der Waals surface area contributed by atoms with Crippen LogP contribution in [0.2, 0.25) is 0 Å². The normalized spacial score (nSPS) is 14.4. The zero-order valence-corrected chi connectivity index (χ0v) is 8.71. The number of hydrogen-bond donors (Lipinski definition) is 0. The highest BCUT2D eigenvalue weighted by molar-refractivity contribution is 8.02. The molecule has 0 fully saturated rings. The standard InChI is InChI=1S/C11H10N2S/c1-3-10-11(9(2)4-5-12-10)13-6-7-14-8-13/h1,4-7H,8H2,2H3. The van der Waals surface area contributed by atoms with Crippen molar-refractivity contribution in [2.24, 2.45) is 0 Å². The second kappa shape index (κ2) is 3.77. The molecule has 0 atom stereocenters. The third-order valence-corrected chi connectivity index (χ3v) is 2.84. The Bertz CT molecular complexity index is 418. The van der Waals surface area contributed by atoms with Crippen LogP contribution in [0.15, 0.2) is 23.9 Å². The van der Waals surface area contributed by atoms with E-state index in [0.717, 1.165) is 17.3 Å². The molecule has 0 saturated heterocycles. The Morgan fingerprint density at radius 1 is 1.64 bits per heavy atom. The molecule has 1 aromatic heterocycles. The Balaban J connectivity index is 2.50. The summed E-state index contributed by atoms with van der Waals surface area (Å²) in [5.74, 6) is 3.54. The number of nitrogens with zero attached hydrogens (tertiary/aromatic N) is 2. The first-order valence-corrected chi connectivity index (χ1v) is 5.35. The number of thioether (sulfide) groups is 1. The van der Waals surface area contributed by atoms with E-state index in [1.54, 1.807) is 18.0 Å². The molecule has 0 bridgehead atoms. The molecule has 3 heteroatoms. The zero-order valence-electron chi connectivity index (χ0n) is 7.90. The van der Waals surface area contributed by atoms with E-state index in [4.69, 9.17) is 6.42 Å². The van der Waals surface area contributed by atoms with Crippen molar-refractivity contribution in [3.8, 4) is 12.3 Å². The fraction of sp³-hybridized carbons (Fsp3) is 0.182. The Labute approximate surface area is 88.0 Å². The maximum absolute atomic E-state index is 5.42. The van der Waals surface area contributed by atoms with Gasteiger partial charge in [0.2, 0.25) is 0 Å². The molecule has 0 aliphatic carbocycles.